The Hall–Kier alpha value is -0.360. The monoisotopic (exact) mass is 201 g/mol. The highest BCUT2D eigenvalue weighted by atomic mass is 19.3. The molecule has 0 aromatic rings. The summed E-state index contributed by atoms with van der Waals surface area (Å²) in [5.74, 6) is -3.13. The maximum absolute atomic E-state index is 12.6. The second kappa shape index (κ2) is 3.79. The summed E-state index contributed by atoms with van der Waals surface area (Å²) in [6.45, 7) is -1.01. The van der Waals surface area contributed by atoms with E-state index in [1.54, 1.807) is 0 Å². The van der Waals surface area contributed by atoms with Crippen LogP contribution in [0.25, 0.3) is 0 Å². The molecular formula is C7H11F4NO. The third kappa shape index (κ3) is 2.80. The van der Waals surface area contributed by atoms with E-state index >= 15 is 0 Å². The second-order valence-corrected chi connectivity index (χ2v) is 3.18. The molecular weight excluding hydrogens is 190 g/mol. The Bertz CT molecular complexity index is 176. The summed E-state index contributed by atoms with van der Waals surface area (Å²) >= 11 is 0. The molecule has 0 aromatic heterocycles. The van der Waals surface area contributed by atoms with Crippen molar-refractivity contribution < 1.29 is 22.7 Å². The molecule has 78 valence electrons. The van der Waals surface area contributed by atoms with Crippen LogP contribution in [0.2, 0.25) is 0 Å². The Morgan fingerprint density at radius 3 is 2.54 bits per heavy atom. The minimum atomic E-state index is -3.13. The lowest BCUT2D eigenvalue weighted by molar-refractivity contribution is -0.151. The number of rotatable bonds is 2. The van der Waals surface area contributed by atoms with Crippen molar-refractivity contribution >= 4 is 0 Å². The predicted octanol–water partition coefficient (Wildman–Crippen LogP) is 0.953. The van der Waals surface area contributed by atoms with Gasteiger partial charge in [-0.1, -0.05) is 0 Å². The Labute approximate surface area is 73.1 Å². The summed E-state index contributed by atoms with van der Waals surface area (Å²) in [5, 5.41) is 8.88. The highest BCUT2D eigenvalue weighted by Crippen LogP contribution is 2.28. The summed E-state index contributed by atoms with van der Waals surface area (Å²) in [4.78, 5) is 1.15. The number of β-amino-alcohol motifs (C(OH)–C–C–N with tert-alkyl or cyclic N) is 1. The fraction of sp³-hybridized carbons (Fsp3) is 1.00. The molecule has 0 amide bonds. The SMILES string of the molecule is OC1CN(CC(F)F)CCC1(F)F. The number of alkyl halides is 4. The van der Waals surface area contributed by atoms with Crippen LogP contribution in [0.3, 0.4) is 0 Å². The van der Waals surface area contributed by atoms with Gasteiger partial charge in [-0.3, -0.25) is 4.90 Å². The van der Waals surface area contributed by atoms with Crippen LogP contribution in [0.5, 0.6) is 0 Å². The van der Waals surface area contributed by atoms with E-state index < -0.39 is 31.4 Å². The lowest BCUT2D eigenvalue weighted by Gasteiger charge is -2.35. The lowest BCUT2D eigenvalue weighted by Crippen LogP contribution is -2.51. The molecule has 2 nitrogen and oxygen atoms in total. The smallest absolute Gasteiger partial charge is 0.275 e. The van der Waals surface area contributed by atoms with Crippen LogP contribution in [0, 0.1) is 0 Å². The fourth-order valence-corrected chi connectivity index (χ4v) is 1.30. The van der Waals surface area contributed by atoms with Crippen LogP contribution in [0.1, 0.15) is 6.42 Å². The van der Waals surface area contributed by atoms with E-state index in [4.69, 9.17) is 5.11 Å². The second-order valence-electron chi connectivity index (χ2n) is 3.18. The summed E-state index contributed by atoms with van der Waals surface area (Å²) in [7, 11) is 0. The topological polar surface area (TPSA) is 23.5 Å². The normalized spacial score (nSPS) is 29.5. The highest BCUT2D eigenvalue weighted by molar-refractivity contribution is 4.85. The van der Waals surface area contributed by atoms with Crippen molar-refractivity contribution in [2.75, 3.05) is 19.6 Å². The zero-order valence-electron chi connectivity index (χ0n) is 6.89. The quantitative estimate of drug-likeness (QED) is 0.672. The molecule has 13 heavy (non-hydrogen) atoms. The summed E-state index contributed by atoms with van der Waals surface area (Å²) in [5.41, 5.74) is 0. The van der Waals surface area contributed by atoms with E-state index in [9.17, 15) is 17.6 Å². The van der Waals surface area contributed by atoms with E-state index in [1.165, 1.54) is 0 Å². The first-order valence-electron chi connectivity index (χ1n) is 3.98. The largest absolute Gasteiger partial charge is 0.386 e. The zero-order chi connectivity index (χ0) is 10.1. The van der Waals surface area contributed by atoms with Crippen LogP contribution < -0.4 is 0 Å². The molecule has 6 heteroatoms. The molecule has 1 aliphatic heterocycles. The minimum Gasteiger partial charge on any atom is -0.386 e. The molecule has 0 aromatic carbocycles. The van der Waals surface area contributed by atoms with Crippen LogP contribution in [-0.2, 0) is 0 Å². The van der Waals surface area contributed by atoms with Gasteiger partial charge in [-0.25, -0.2) is 17.6 Å². The number of likely N-dealkylation sites (tertiary alicyclic amines) is 1. The van der Waals surface area contributed by atoms with Crippen molar-refractivity contribution in [3.8, 4) is 0 Å². The first-order valence-corrected chi connectivity index (χ1v) is 3.98. The van der Waals surface area contributed by atoms with Crippen LogP contribution in [0.15, 0.2) is 0 Å². The number of nitrogens with zero attached hydrogens (tertiary/aromatic N) is 1. The third-order valence-corrected chi connectivity index (χ3v) is 2.08. The van der Waals surface area contributed by atoms with E-state index in [2.05, 4.69) is 0 Å². The molecule has 1 N–H and O–H groups in total. The molecule has 1 atom stereocenters. The van der Waals surface area contributed by atoms with Gasteiger partial charge in [0.2, 0.25) is 0 Å². The number of hydrogen-bond acceptors (Lipinski definition) is 2. The summed E-state index contributed by atoms with van der Waals surface area (Å²) < 4.78 is 48.9. The molecule has 0 aliphatic carbocycles. The molecule has 1 saturated heterocycles. The van der Waals surface area contributed by atoms with E-state index in [-0.39, 0.29) is 13.1 Å². The van der Waals surface area contributed by atoms with Crippen molar-refractivity contribution in [2.24, 2.45) is 0 Å². The van der Waals surface area contributed by atoms with Gasteiger partial charge in [0.15, 0.2) is 0 Å². The number of aliphatic hydroxyl groups is 1. The number of aliphatic hydroxyl groups excluding tert-OH is 1. The van der Waals surface area contributed by atoms with E-state index in [0.717, 1.165) is 4.90 Å². The Morgan fingerprint density at radius 2 is 2.08 bits per heavy atom. The number of hydrogen-bond donors (Lipinski definition) is 1. The number of halogens is 4. The third-order valence-electron chi connectivity index (χ3n) is 2.08. The first-order chi connectivity index (χ1) is 5.92. The molecule has 1 unspecified atom stereocenters. The molecule has 0 bridgehead atoms. The Morgan fingerprint density at radius 1 is 1.46 bits per heavy atom. The van der Waals surface area contributed by atoms with Gasteiger partial charge in [-0.05, 0) is 0 Å². The molecule has 0 radical (unpaired) electrons. The Balaban J connectivity index is 2.42. The summed E-state index contributed by atoms with van der Waals surface area (Å²) in [6.07, 6.45) is -4.92. The Kier molecular flexibility index (Phi) is 3.13. The van der Waals surface area contributed by atoms with Crippen LogP contribution in [-0.4, -0.2) is 48.1 Å². The molecule has 1 rings (SSSR count). The molecule has 1 heterocycles. The van der Waals surface area contributed by atoms with Crippen molar-refractivity contribution in [3.63, 3.8) is 0 Å². The van der Waals surface area contributed by atoms with E-state index in [0.29, 0.717) is 0 Å². The van der Waals surface area contributed by atoms with Gasteiger partial charge in [0.1, 0.15) is 6.10 Å². The van der Waals surface area contributed by atoms with Crippen LogP contribution in [0.4, 0.5) is 17.6 Å². The molecule has 0 saturated carbocycles. The molecule has 1 fully saturated rings. The van der Waals surface area contributed by atoms with Crippen LogP contribution >= 0.6 is 0 Å². The van der Waals surface area contributed by atoms with Gasteiger partial charge in [0, 0.05) is 19.5 Å². The van der Waals surface area contributed by atoms with Crippen molar-refractivity contribution in [2.45, 2.75) is 24.9 Å². The predicted molar refractivity (Wildman–Crippen MR) is 38.0 cm³/mol. The zero-order valence-corrected chi connectivity index (χ0v) is 6.89. The van der Waals surface area contributed by atoms with E-state index in [1.807, 2.05) is 0 Å². The fourth-order valence-electron chi connectivity index (χ4n) is 1.30. The standard InChI is InChI=1S/C7H11F4NO/c8-6(9)4-12-2-1-7(10,11)5(13)3-12/h5-6,13H,1-4H2. The maximum Gasteiger partial charge on any atom is 0.275 e. The molecule has 1 aliphatic rings. The summed E-state index contributed by atoms with van der Waals surface area (Å²) in [6, 6.07) is 0. The van der Waals surface area contributed by atoms with Gasteiger partial charge in [0.25, 0.3) is 12.3 Å². The van der Waals surface area contributed by atoms with Crippen molar-refractivity contribution in [1.29, 1.82) is 0 Å². The van der Waals surface area contributed by atoms with Crippen molar-refractivity contribution in [3.05, 3.63) is 0 Å². The maximum atomic E-state index is 12.6. The van der Waals surface area contributed by atoms with Gasteiger partial charge in [-0.15, -0.1) is 0 Å². The van der Waals surface area contributed by atoms with Crippen molar-refractivity contribution in [1.82, 2.24) is 4.90 Å². The van der Waals surface area contributed by atoms with Gasteiger partial charge in [-0.2, -0.15) is 0 Å². The molecule has 0 spiro atoms. The average molecular weight is 201 g/mol. The van der Waals surface area contributed by atoms with Gasteiger partial charge < -0.3 is 5.11 Å². The lowest BCUT2D eigenvalue weighted by atomic mass is 10.0. The van der Waals surface area contributed by atoms with Gasteiger partial charge in [0.05, 0.1) is 6.54 Å². The first kappa shape index (κ1) is 10.7. The number of piperidine rings is 1. The average Bonchev–Trinajstić information content (AvgIpc) is 1.97. The van der Waals surface area contributed by atoms with Gasteiger partial charge >= 0.3 is 0 Å². The minimum absolute atomic E-state index is 0.0889. The highest BCUT2D eigenvalue weighted by Gasteiger charge is 2.43.